The van der Waals surface area contributed by atoms with E-state index >= 15 is 0 Å². The van der Waals surface area contributed by atoms with Crippen LogP contribution in [0.4, 0.5) is 0 Å². The Morgan fingerprint density at radius 1 is 1.27 bits per heavy atom. The molecule has 2 rings (SSSR count). The van der Waals surface area contributed by atoms with Crippen LogP contribution in [0.2, 0.25) is 0 Å². The van der Waals surface area contributed by atoms with E-state index in [2.05, 4.69) is 32.5 Å². The maximum absolute atomic E-state index is 2.43. The average molecular weight is 170 g/mol. The molecule has 1 saturated carbocycles. The molecule has 2 bridgehead atoms. The van der Waals surface area contributed by atoms with Crippen LogP contribution in [-0.4, -0.2) is 10.00 Å². The molecule has 0 N–H and O–H groups in total. The van der Waals surface area contributed by atoms with Gasteiger partial charge in [0.2, 0.25) is 0 Å². The zero-order chi connectivity index (χ0) is 8.06. The first-order chi connectivity index (χ1) is 5.09. The van der Waals surface area contributed by atoms with Gasteiger partial charge < -0.3 is 0 Å². The van der Waals surface area contributed by atoms with E-state index in [1.54, 1.807) is 0 Å². The Balaban J connectivity index is 2.16. The fourth-order valence-electron chi connectivity index (χ4n) is 2.56. The van der Waals surface area contributed by atoms with Crippen LogP contribution in [0.3, 0.4) is 0 Å². The van der Waals surface area contributed by atoms with E-state index in [0.717, 1.165) is 17.1 Å². The van der Waals surface area contributed by atoms with Gasteiger partial charge in [-0.15, -0.1) is 0 Å². The Labute approximate surface area is 74.1 Å². The molecule has 0 aromatic rings. The summed E-state index contributed by atoms with van der Waals surface area (Å²) >= 11 is 2.25. The summed E-state index contributed by atoms with van der Waals surface area (Å²) in [7, 11) is 0. The zero-order valence-corrected chi connectivity index (χ0v) is 8.58. The lowest BCUT2D eigenvalue weighted by Crippen LogP contribution is -2.23. The molecule has 0 amide bonds. The van der Waals surface area contributed by atoms with Gasteiger partial charge in [-0.25, -0.2) is 0 Å². The second-order valence-corrected chi connectivity index (χ2v) is 6.64. The summed E-state index contributed by atoms with van der Waals surface area (Å²) in [6.07, 6.45) is 4.46. The van der Waals surface area contributed by atoms with E-state index in [-0.39, 0.29) is 0 Å². The van der Waals surface area contributed by atoms with Crippen LogP contribution < -0.4 is 0 Å². The number of fused-ring (bicyclic) bond motifs is 2. The average Bonchev–Trinajstić information content (AvgIpc) is 2.16. The molecule has 1 heteroatoms. The van der Waals surface area contributed by atoms with Crippen molar-refractivity contribution in [2.75, 3.05) is 0 Å². The fourth-order valence-corrected chi connectivity index (χ4v) is 4.45. The quantitative estimate of drug-likeness (QED) is 0.537. The van der Waals surface area contributed by atoms with Crippen LogP contribution in [0.5, 0.6) is 0 Å². The van der Waals surface area contributed by atoms with E-state index in [0.29, 0.717) is 4.75 Å². The molecule has 1 heterocycles. The standard InChI is InChI=1S/C10H18S/c1-7-4-5-8-6-9(7)11-10(8,2)3/h7-9H,4-6H2,1-3H3/t7-,8+,9-/m0/s1. The fraction of sp³-hybridized carbons (Fsp3) is 1.00. The Bertz CT molecular complexity index is 162. The Kier molecular flexibility index (Phi) is 1.75. The molecule has 0 aromatic carbocycles. The highest BCUT2D eigenvalue weighted by Crippen LogP contribution is 2.55. The van der Waals surface area contributed by atoms with Crippen molar-refractivity contribution in [1.82, 2.24) is 0 Å². The van der Waals surface area contributed by atoms with Crippen molar-refractivity contribution in [1.29, 1.82) is 0 Å². The van der Waals surface area contributed by atoms with Gasteiger partial charge in [0.15, 0.2) is 0 Å². The van der Waals surface area contributed by atoms with Gasteiger partial charge in [-0.05, 0) is 31.1 Å². The third kappa shape index (κ3) is 1.22. The first-order valence-electron chi connectivity index (χ1n) is 4.77. The van der Waals surface area contributed by atoms with Crippen molar-refractivity contribution in [3.63, 3.8) is 0 Å². The smallest absolute Gasteiger partial charge is 0.0135 e. The molecule has 0 unspecified atom stereocenters. The zero-order valence-electron chi connectivity index (χ0n) is 7.76. The first-order valence-corrected chi connectivity index (χ1v) is 5.65. The third-order valence-corrected chi connectivity index (χ3v) is 5.46. The second kappa shape index (κ2) is 2.42. The normalized spacial score (nSPS) is 47.7. The number of thioether (sulfide) groups is 1. The molecule has 2 aliphatic rings. The van der Waals surface area contributed by atoms with Crippen LogP contribution >= 0.6 is 11.8 Å². The van der Waals surface area contributed by atoms with E-state index in [1.807, 2.05) is 0 Å². The van der Waals surface area contributed by atoms with E-state index in [9.17, 15) is 0 Å². The molecule has 3 atom stereocenters. The van der Waals surface area contributed by atoms with Gasteiger partial charge in [-0.2, -0.15) is 11.8 Å². The van der Waals surface area contributed by atoms with E-state index < -0.39 is 0 Å². The minimum Gasteiger partial charge on any atom is -0.152 e. The predicted molar refractivity (Wildman–Crippen MR) is 52.0 cm³/mol. The molecular weight excluding hydrogens is 152 g/mol. The van der Waals surface area contributed by atoms with E-state index in [1.165, 1.54) is 19.3 Å². The summed E-state index contributed by atoms with van der Waals surface area (Å²) in [5.74, 6) is 2.01. The molecule has 1 aliphatic heterocycles. The van der Waals surface area contributed by atoms with Crippen LogP contribution in [0.25, 0.3) is 0 Å². The van der Waals surface area contributed by atoms with Gasteiger partial charge in [0.1, 0.15) is 0 Å². The summed E-state index contributed by atoms with van der Waals surface area (Å²) < 4.78 is 0.593. The van der Waals surface area contributed by atoms with Gasteiger partial charge in [-0.1, -0.05) is 20.8 Å². The van der Waals surface area contributed by atoms with Crippen molar-refractivity contribution < 1.29 is 0 Å². The third-order valence-electron chi connectivity index (χ3n) is 3.56. The maximum Gasteiger partial charge on any atom is 0.0135 e. The number of hydrogen-bond acceptors (Lipinski definition) is 1. The summed E-state index contributed by atoms with van der Waals surface area (Å²) in [4.78, 5) is 0. The molecule has 0 spiro atoms. The highest BCUT2D eigenvalue weighted by atomic mass is 32.2. The van der Waals surface area contributed by atoms with Crippen molar-refractivity contribution in [2.24, 2.45) is 11.8 Å². The maximum atomic E-state index is 2.43. The Morgan fingerprint density at radius 2 is 2.00 bits per heavy atom. The SMILES string of the molecule is C[C@H]1CC[C@@H]2C[C@@H]1SC2(C)C. The highest BCUT2D eigenvalue weighted by Gasteiger charge is 2.45. The van der Waals surface area contributed by atoms with Gasteiger partial charge in [-0.3, -0.25) is 0 Å². The van der Waals surface area contributed by atoms with Crippen LogP contribution in [0, 0.1) is 11.8 Å². The predicted octanol–water partition coefficient (Wildman–Crippen LogP) is 3.32. The van der Waals surface area contributed by atoms with Crippen molar-refractivity contribution in [3.05, 3.63) is 0 Å². The van der Waals surface area contributed by atoms with E-state index in [4.69, 9.17) is 0 Å². The number of hydrogen-bond donors (Lipinski definition) is 0. The van der Waals surface area contributed by atoms with Crippen molar-refractivity contribution >= 4 is 11.8 Å². The molecule has 2 fully saturated rings. The molecular formula is C10H18S. The van der Waals surface area contributed by atoms with Gasteiger partial charge in [0.25, 0.3) is 0 Å². The Morgan fingerprint density at radius 3 is 2.64 bits per heavy atom. The molecule has 0 radical (unpaired) electrons. The lowest BCUT2D eigenvalue weighted by atomic mass is 9.78. The first kappa shape index (κ1) is 7.97. The minimum absolute atomic E-state index is 0.593. The molecule has 1 aliphatic carbocycles. The van der Waals surface area contributed by atoms with Gasteiger partial charge in [0.05, 0.1) is 0 Å². The van der Waals surface area contributed by atoms with Crippen molar-refractivity contribution in [3.8, 4) is 0 Å². The van der Waals surface area contributed by atoms with Crippen LogP contribution in [-0.2, 0) is 0 Å². The van der Waals surface area contributed by atoms with Gasteiger partial charge >= 0.3 is 0 Å². The molecule has 64 valence electrons. The molecule has 0 nitrogen and oxygen atoms in total. The summed E-state index contributed by atoms with van der Waals surface area (Å²) in [5, 5.41) is 0.990. The van der Waals surface area contributed by atoms with Crippen molar-refractivity contribution in [2.45, 2.75) is 50.0 Å². The minimum atomic E-state index is 0.593. The topological polar surface area (TPSA) is 0 Å². The summed E-state index contributed by atoms with van der Waals surface area (Å²) in [6.45, 7) is 7.29. The Hall–Kier alpha value is 0.350. The second-order valence-electron chi connectivity index (χ2n) is 4.75. The summed E-state index contributed by atoms with van der Waals surface area (Å²) in [5.41, 5.74) is 0. The van der Waals surface area contributed by atoms with Crippen LogP contribution in [0.1, 0.15) is 40.0 Å². The molecule has 11 heavy (non-hydrogen) atoms. The summed E-state index contributed by atoms with van der Waals surface area (Å²) in [6, 6.07) is 0. The monoisotopic (exact) mass is 170 g/mol. The largest absolute Gasteiger partial charge is 0.152 e. The molecule has 1 saturated heterocycles. The highest BCUT2D eigenvalue weighted by molar-refractivity contribution is 8.01. The lowest BCUT2D eigenvalue weighted by Gasteiger charge is -2.26. The lowest BCUT2D eigenvalue weighted by molar-refractivity contribution is 0.290. The van der Waals surface area contributed by atoms with Gasteiger partial charge in [0, 0.05) is 10.00 Å². The number of rotatable bonds is 0. The molecule has 0 aromatic heterocycles. The van der Waals surface area contributed by atoms with Crippen LogP contribution in [0.15, 0.2) is 0 Å².